The number of nitrogens with zero attached hydrogens (tertiary/aromatic N) is 3. The molecule has 1 saturated heterocycles. The van der Waals surface area contributed by atoms with Crippen molar-refractivity contribution < 1.29 is 20.1 Å². The summed E-state index contributed by atoms with van der Waals surface area (Å²) in [5.41, 5.74) is 1.96. The van der Waals surface area contributed by atoms with E-state index in [2.05, 4.69) is 34.2 Å². The minimum Gasteiger partial charge on any atom is -0.394 e. The molecular weight excluding hydrogens is 378 g/mol. The van der Waals surface area contributed by atoms with Crippen LogP contribution in [0.1, 0.15) is 18.2 Å². The van der Waals surface area contributed by atoms with Crippen LogP contribution in [0.2, 0.25) is 0 Å². The Hall–Kier alpha value is -1.97. The number of thioether (sulfide) groups is 1. The van der Waals surface area contributed by atoms with Crippen LogP contribution in [0.3, 0.4) is 0 Å². The van der Waals surface area contributed by atoms with Crippen molar-refractivity contribution in [3.63, 3.8) is 0 Å². The number of hydrogen-bond donors (Lipinski definition) is 3. The van der Waals surface area contributed by atoms with Crippen LogP contribution in [0, 0.1) is 0 Å². The Morgan fingerprint density at radius 2 is 1.89 bits per heavy atom. The van der Waals surface area contributed by atoms with E-state index in [4.69, 9.17) is 4.74 Å². The smallest absolute Gasteiger partial charge is 0.164 e. The summed E-state index contributed by atoms with van der Waals surface area (Å²) in [5.74, 6) is 0.931. The molecule has 7 nitrogen and oxygen atoms in total. The third-order valence-corrected chi connectivity index (χ3v) is 6.05. The van der Waals surface area contributed by atoms with Gasteiger partial charge in [-0.1, -0.05) is 30.3 Å². The second kappa shape index (κ2) is 8.59. The lowest BCUT2D eigenvalue weighted by molar-refractivity contribution is -0.0508. The van der Waals surface area contributed by atoms with Crippen molar-refractivity contribution in [1.82, 2.24) is 14.5 Å². The summed E-state index contributed by atoms with van der Waals surface area (Å²) in [4.78, 5) is 8.74. The minimum absolute atomic E-state index is 0.356. The number of aryl methyl sites for hydroxylation is 1. The van der Waals surface area contributed by atoms with Crippen LogP contribution in [0.4, 0.5) is 0 Å². The number of benzene rings is 1. The average molecular weight is 401 g/mol. The quantitative estimate of drug-likeness (QED) is 0.315. The van der Waals surface area contributed by atoms with Gasteiger partial charge in [-0.15, -0.1) is 11.8 Å². The van der Waals surface area contributed by atoms with Crippen LogP contribution in [0.15, 0.2) is 53.9 Å². The van der Waals surface area contributed by atoms with E-state index in [1.165, 1.54) is 11.9 Å². The first-order valence-corrected chi connectivity index (χ1v) is 10.3. The van der Waals surface area contributed by atoms with E-state index in [1.807, 2.05) is 12.1 Å². The standard InChI is InChI=1S/C20H23N3O4S/c24-11-15-16(25)17(26)20(27-15)23-9-8-14-18(23)21-12-22-19(14)28-10-4-7-13-5-2-1-3-6-13/h1-3,5-6,8-9,12,15-17,20,24-26H,4,7,10-11H2/t15-,16-,17-,20-/m1/s1. The lowest BCUT2D eigenvalue weighted by atomic mass is 10.1. The van der Waals surface area contributed by atoms with Crippen LogP contribution >= 0.6 is 11.8 Å². The third-order valence-electron chi connectivity index (χ3n) is 4.96. The first-order valence-electron chi connectivity index (χ1n) is 9.29. The number of ether oxygens (including phenoxy) is 1. The Morgan fingerprint density at radius 3 is 2.64 bits per heavy atom. The monoisotopic (exact) mass is 401 g/mol. The predicted octanol–water partition coefficient (Wildman–Crippen LogP) is 1.77. The highest BCUT2D eigenvalue weighted by Crippen LogP contribution is 2.34. The van der Waals surface area contributed by atoms with Gasteiger partial charge in [0.05, 0.1) is 12.0 Å². The number of hydrogen-bond acceptors (Lipinski definition) is 7. The van der Waals surface area contributed by atoms with Crippen molar-refractivity contribution in [3.8, 4) is 0 Å². The number of fused-ring (bicyclic) bond motifs is 1. The Labute approximate surface area is 167 Å². The molecular formula is C20H23N3O4S. The molecule has 3 N–H and O–H groups in total. The van der Waals surface area contributed by atoms with Crippen LogP contribution in [0.25, 0.3) is 11.0 Å². The highest BCUT2D eigenvalue weighted by molar-refractivity contribution is 7.99. The van der Waals surface area contributed by atoms with Gasteiger partial charge in [0.25, 0.3) is 0 Å². The largest absolute Gasteiger partial charge is 0.394 e. The Morgan fingerprint density at radius 1 is 1.07 bits per heavy atom. The van der Waals surface area contributed by atoms with Gasteiger partial charge in [-0.2, -0.15) is 0 Å². The molecule has 1 aliphatic heterocycles. The van der Waals surface area contributed by atoms with Crippen LogP contribution in [-0.2, 0) is 11.2 Å². The van der Waals surface area contributed by atoms with Gasteiger partial charge in [-0.3, -0.25) is 0 Å². The fraction of sp³-hybridized carbons (Fsp3) is 0.400. The maximum Gasteiger partial charge on any atom is 0.164 e. The van der Waals surface area contributed by atoms with Crippen molar-refractivity contribution in [2.24, 2.45) is 0 Å². The van der Waals surface area contributed by atoms with Gasteiger partial charge in [0.1, 0.15) is 35.3 Å². The Balaban J connectivity index is 1.46. The number of aliphatic hydroxyl groups excluding tert-OH is 3. The van der Waals surface area contributed by atoms with E-state index in [0.29, 0.717) is 5.65 Å². The van der Waals surface area contributed by atoms with Crippen molar-refractivity contribution >= 4 is 22.8 Å². The molecule has 28 heavy (non-hydrogen) atoms. The molecule has 1 aromatic carbocycles. The molecule has 1 fully saturated rings. The first kappa shape index (κ1) is 19.4. The molecule has 4 atom stereocenters. The average Bonchev–Trinajstić information content (AvgIpc) is 3.28. The zero-order chi connectivity index (χ0) is 19.5. The summed E-state index contributed by atoms with van der Waals surface area (Å²) in [6.07, 6.45) is 1.45. The van der Waals surface area contributed by atoms with E-state index in [-0.39, 0.29) is 6.61 Å². The molecule has 3 aromatic rings. The maximum atomic E-state index is 10.3. The van der Waals surface area contributed by atoms with Gasteiger partial charge in [0.15, 0.2) is 6.23 Å². The Kier molecular flexibility index (Phi) is 5.93. The lowest BCUT2D eigenvalue weighted by Crippen LogP contribution is -2.33. The van der Waals surface area contributed by atoms with E-state index in [9.17, 15) is 15.3 Å². The first-order chi connectivity index (χ1) is 13.7. The van der Waals surface area contributed by atoms with E-state index in [1.54, 1.807) is 22.5 Å². The maximum absolute atomic E-state index is 10.3. The minimum atomic E-state index is -1.14. The summed E-state index contributed by atoms with van der Waals surface area (Å²) in [7, 11) is 0. The zero-order valence-electron chi connectivity index (χ0n) is 15.3. The van der Waals surface area contributed by atoms with E-state index in [0.717, 1.165) is 29.0 Å². The van der Waals surface area contributed by atoms with Gasteiger partial charge < -0.3 is 24.6 Å². The van der Waals surface area contributed by atoms with Gasteiger partial charge in [0.2, 0.25) is 0 Å². The third kappa shape index (κ3) is 3.78. The summed E-state index contributed by atoms with van der Waals surface area (Å²) in [6, 6.07) is 12.3. The van der Waals surface area contributed by atoms with Crippen LogP contribution < -0.4 is 0 Å². The SMILES string of the molecule is OC[C@H]1O[C@@H](n2ccc3c(SCCCc4ccccc4)ncnc32)[C@H](O)[C@@H]1O. The topological polar surface area (TPSA) is 101 Å². The molecule has 3 heterocycles. The van der Waals surface area contributed by atoms with Crippen molar-refractivity contribution in [3.05, 3.63) is 54.5 Å². The second-order valence-corrected chi connectivity index (χ2v) is 7.89. The molecule has 4 rings (SSSR count). The van der Waals surface area contributed by atoms with Gasteiger partial charge in [-0.25, -0.2) is 9.97 Å². The predicted molar refractivity (Wildman–Crippen MR) is 106 cm³/mol. The molecule has 0 saturated carbocycles. The molecule has 0 radical (unpaired) electrons. The zero-order valence-corrected chi connectivity index (χ0v) is 16.1. The van der Waals surface area contributed by atoms with Crippen molar-refractivity contribution in [1.29, 1.82) is 0 Å². The summed E-state index contributed by atoms with van der Waals surface area (Å²) in [5, 5.41) is 31.3. The highest BCUT2D eigenvalue weighted by Gasteiger charge is 2.43. The van der Waals surface area contributed by atoms with E-state index < -0.39 is 24.5 Å². The van der Waals surface area contributed by atoms with Gasteiger partial charge >= 0.3 is 0 Å². The molecule has 8 heteroatoms. The molecule has 0 unspecified atom stereocenters. The van der Waals surface area contributed by atoms with Crippen LogP contribution in [-0.4, -0.2) is 60.5 Å². The number of aromatic nitrogens is 3. The highest BCUT2D eigenvalue weighted by atomic mass is 32.2. The second-order valence-electron chi connectivity index (χ2n) is 6.81. The molecule has 148 valence electrons. The molecule has 0 amide bonds. The van der Waals surface area contributed by atoms with Gasteiger partial charge in [-0.05, 0) is 30.2 Å². The fourth-order valence-electron chi connectivity index (χ4n) is 3.47. The normalized spacial score (nSPS) is 24.8. The lowest BCUT2D eigenvalue weighted by Gasteiger charge is -2.17. The van der Waals surface area contributed by atoms with Crippen LogP contribution in [0.5, 0.6) is 0 Å². The number of aliphatic hydroxyl groups is 3. The summed E-state index contributed by atoms with van der Waals surface area (Å²) < 4.78 is 7.31. The fourth-order valence-corrected chi connectivity index (χ4v) is 4.39. The van der Waals surface area contributed by atoms with Crippen molar-refractivity contribution in [2.45, 2.75) is 42.4 Å². The number of rotatable bonds is 7. The van der Waals surface area contributed by atoms with Crippen molar-refractivity contribution in [2.75, 3.05) is 12.4 Å². The Bertz CT molecular complexity index is 920. The molecule has 0 aliphatic carbocycles. The molecule has 0 spiro atoms. The summed E-state index contributed by atoms with van der Waals surface area (Å²) in [6.45, 7) is -0.356. The molecule has 1 aliphatic rings. The van der Waals surface area contributed by atoms with Gasteiger partial charge in [0, 0.05) is 6.20 Å². The summed E-state index contributed by atoms with van der Waals surface area (Å²) >= 11 is 1.67. The molecule has 0 bridgehead atoms. The van der Waals surface area contributed by atoms with E-state index >= 15 is 0 Å². The molecule has 2 aromatic heterocycles.